The van der Waals surface area contributed by atoms with Gasteiger partial charge in [0, 0.05) is 19.0 Å². The lowest BCUT2D eigenvalue weighted by atomic mass is 9.78. The van der Waals surface area contributed by atoms with Crippen LogP contribution in [0.25, 0.3) is 11.1 Å². The minimum absolute atomic E-state index is 0.0394. The van der Waals surface area contributed by atoms with Crippen molar-refractivity contribution >= 4 is 18.0 Å². The van der Waals surface area contributed by atoms with E-state index in [2.05, 4.69) is 0 Å². The molecule has 2 aromatic carbocycles. The van der Waals surface area contributed by atoms with Gasteiger partial charge in [-0.2, -0.15) is 0 Å². The highest BCUT2D eigenvalue weighted by Gasteiger charge is 2.46. The maximum Gasteiger partial charge on any atom is 0.410 e. The second-order valence-electron chi connectivity index (χ2n) is 9.66. The summed E-state index contributed by atoms with van der Waals surface area (Å²) in [5.41, 5.74) is 1.84. The van der Waals surface area contributed by atoms with Crippen molar-refractivity contribution in [3.05, 3.63) is 59.7 Å². The zero-order chi connectivity index (χ0) is 23.8. The molecule has 33 heavy (non-hydrogen) atoms. The number of carbonyl (C=O) groups is 3. The number of ether oxygens (including phenoxy) is 2. The van der Waals surface area contributed by atoms with Crippen LogP contribution in [0.15, 0.2) is 48.5 Å². The van der Waals surface area contributed by atoms with Gasteiger partial charge in [-0.25, -0.2) is 4.79 Å². The highest BCUT2D eigenvalue weighted by atomic mass is 16.6. The lowest BCUT2D eigenvalue weighted by molar-refractivity contribution is -0.319. The molecule has 1 fully saturated rings. The largest absolute Gasteiger partial charge is 0.549 e. The van der Waals surface area contributed by atoms with Crippen LogP contribution < -0.4 is 5.11 Å². The van der Waals surface area contributed by atoms with Crippen molar-refractivity contribution in [2.45, 2.75) is 45.1 Å². The first kappa shape index (κ1) is 22.8. The first-order valence-electron chi connectivity index (χ1n) is 11.2. The summed E-state index contributed by atoms with van der Waals surface area (Å²) >= 11 is 0. The van der Waals surface area contributed by atoms with Crippen molar-refractivity contribution in [3.8, 4) is 11.1 Å². The molecule has 174 valence electrons. The molecular weight excluding hydrogens is 422 g/mol. The summed E-state index contributed by atoms with van der Waals surface area (Å²) in [4.78, 5) is 38.9. The van der Waals surface area contributed by atoms with Crippen LogP contribution in [0.5, 0.6) is 0 Å². The quantitative estimate of drug-likeness (QED) is 0.525. The first-order valence-corrected chi connectivity index (χ1v) is 11.2. The van der Waals surface area contributed by atoms with E-state index in [9.17, 15) is 19.5 Å². The van der Waals surface area contributed by atoms with E-state index in [1.165, 1.54) is 4.90 Å². The number of hydrogen-bond acceptors (Lipinski definition) is 6. The van der Waals surface area contributed by atoms with Gasteiger partial charge in [-0.15, -0.1) is 0 Å². The summed E-state index contributed by atoms with van der Waals surface area (Å²) in [7, 11) is 0. The van der Waals surface area contributed by atoms with Gasteiger partial charge in [0.05, 0.1) is 5.97 Å². The molecule has 0 aromatic heterocycles. The smallest absolute Gasteiger partial charge is 0.410 e. The van der Waals surface area contributed by atoms with E-state index < -0.39 is 29.0 Å². The second-order valence-corrected chi connectivity index (χ2v) is 9.66. The van der Waals surface area contributed by atoms with Crippen molar-refractivity contribution in [1.82, 2.24) is 4.90 Å². The number of benzene rings is 2. The molecule has 0 N–H and O–H groups in total. The molecule has 7 heteroatoms. The maximum atomic E-state index is 13.1. The van der Waals surface area contributed by atoms with E-state index in [4.69, 9.17) is 9.47 Å². The van der Waals surface area contributed by atoms with Crippen LogP contribution in [0.4, 0.5) is 4.79 Å². The van der Waals surface area contributed by atoms with Crippen LogP contribution in [0.2, 0.25) is 0 Å². The molecule has 0 bridgehead atoms. The van der Waals surface area contributed by atoms with Gasteiger partial charge in [0.15, 0.2) is 0 Å². The summed E-state index contributed by atoms with van der Waals surface area (Å²) < 4.78 is 11.0. The Morgan fingerprint density at radius 1 is 0.970 bits per heavy atom. The molecule has 0 unspecified atom stereocenters. The minimum atomic E-state index is -1.78. The number of esters is 1. The molecule has 0 saturated carbocycles. The Hall–Kier alpha value is -3.35. The van der Waals surface area contributed by atoms with Crippen LogP contribution in [0.1, 0.15) is 50.7 Å². The average molecular weight is 451 g/mol. The monoisotopic (exact) mass is 450 g/mol. The summed E-state index contributed by atoms with van der Waals surface area (Å²) in [6.45, 7) is 5.48. The number of carboxylic acid groups (broad SMARTS) is 1. The van der Waals surface area contributed by atoms with Gasteiger partial charge < -0.3 is 24.3 Å². The molecule has 1 aliphatic heterocycles. The van der Waals surface area contributed by atoms with E-state index in [1.54, 1.807) is 20.8 Å². The third-order valence-electron chi connectivity index (χ3n) is 6.39. The SMILES string of the molecule is CC(C)(C)OC(=O)N1CCC(C(=O)[O-])(C(=O)OCC2c3ccccc3-c3ccccc32)CC1. The number of hydrogen-bond donors (Lipinski definition) is 0. The van der Waals surface area contributed by atoms with Crippen LogP contribution in [0.3, 0.4) is 0 Å². The Morgan fingerprint density at radius 3 is 1.97 bits per heavy atom. The van der Waals surface area contributed by atoms with E-state index in [0.29, 0.717) is 0 Å². The summed E-state index contributed by atoms with van der Waals surface area (Å²) in [5.74, 6) is -2.45. The highest BCUT2D eigenvalue weighted by Crippen LogP contribution is 2.45. The lowest BCUT2D eigenvalue weighted by Crippen LogP contribution is -2.56. The number of likely N-dealkylation sites (tertiary alicyclic amines) is 1. The van der Waals surface area contributed by atoms with Gasteiger partial charge in [-0.05, 0) is 55.9 Å². The molecule has 0 spiro atoms. The zero-order valence-electron chi connectivity index (χ0n) is 19.1. The topological polar surface area (TPSA) is 96.0 Å². The number of fused-ring (bicyclic) bond motifs is 3. The molecule has 1 aliphatic carbocycles. The summed E-state index contributed by atoms with van der Waals surface area (Å²) in [6, 6.07) is 15.9. The van der Waals surface area contributed by atoms with Gasteiger partial charge in [-0.3, -0.25) is 4.79 Å². The van der Waals surface area contributed by atoms with Crippen molar-refractivity contribution in [3.63, 3.8) is 0 Å². The Morgan fingerprint density at radius 2 is 1.48 bits per heavy atom. The fourth-order valence-corrected chi connectivity index (χ4v) is 4.63. The molecule has 1 heterocycles. The van der Waals surface area contributed by atoms with Crippen molar-refractivity contribution < 1.29 is 29.0 Å². The van der Waals surface area contributed by atoms with Crippen molar-refractivity contribution in [1.29, 1.82) is 0 Å². The van der Waals surface area contributed by atoms with Crippen molar-refractivity contribution in [2.24, 2.45) is 5.41 Å². The van der Waals surface area contributed by atoms with Crippen LogP contribution in [-0.2, 0) is 19.1 Å². The third kappa shape index (κ3) is 4.32. The molecule has 0 atom stereocenters. The third-order valence-corrected chi connectivity index (χ3v) is 6.39. The zero-order valence-corrected chi connectivity index (χ0v) is 19.1. The number of carboxylic acids is 1. The number of rotatable bonds is 4. The predicted molar refractivity (Wildman–Crippen MR) is 119 cm³/mol. The van der Waals surface area contributed by atoms with Crippen LogP contribution >= 0.6 is 0 Å². The fourth-order valence-electron chi connectivity index (χ4n) is 4.63. The van der Waals surface area contributed by atoms with Gasteiger partial charge in [0.1, 0.15) is 17.6 Å². The van der Waals surface area contributed by atoms with Gasteiger partial charge in [0.2, 0.25) is 0 Å². The van der Waals surface area contributed by atoms with E-state index in [1.807, 2.05) is 48.5 Å². The van der Waals surface area contributed by atoms with E-state index in [-0.39, 0.29) is 38.5 Å². The second kappa shape index (κ2) is 8.54. The number of piperidine rings is 1. The molecule has 1 saturated heterocycles. The molecule has 1 amide bonds. The summed E-state index contributed by atoms with van der Waals surface area (Å²) in [5, 5.41) is 12.1. The lowest BCUT2D eigenvalue weighted by Gasteiger charge is -2.40. The fraction of sp³-hybridized carbons (Fsp3) is 0.423. The number of carbonyl (C=O) groups excluding carboxylic acids is 3. The normalized spacial score (nSPS) is 17.1. The van der Waals surface area contributed by atoms with E-state index in [0.717, 1.165) is 22.3 Å². The number of amides is 1. The maximum absolute atomic E-state index is 13.1. The standard InChI is InChI=1S/C26H29NO6/c1-25(2,3)33-24(31)27-14-12-26(13-15-27,22(28)29)23(30)32-16-21-19-10-6-4-8-17(19)18-9-5-7-11-20(18)21/h4-11,21H,12-16H2,1-3H3,(H,28,29)/p-1. The highest BCUT2D eigenvalue weighted by molar-refractivity contribution is 5.98. The predicted octanol–water partition coefficient (Wildman–Crippen LogP) is 3.11. The molecule has 7 nitrogen and oxygen atoms in total. The molecule has 2 aromatic rings. The molecular formula is C26H28NO6-. The first-order chi connectivity index (χ1) is 15.6. The molecule has 4 rings (SSSR count). The molecule has 2 aliphatic rings. The van der Waals surface area contributed by atoms with Gasteiger partial charge in [-0.1, -0.05) is 48.5 Å². The number of aliphatic carboxylic acids is 1. The Balaban J connectivity index is 1.46. The van der Waals surface area contributed by atoms with Crippen molar-refractivity contribution in [2.75, 3.05) is 19.7 Å². The Bertz CT molecular complexity index is 1030. The van der Waals surface area contributed by atoms with Crippen LogP contribution in [0, 0.1) is 5.41 Å². The van der Waals surface area contributed by atoms with Crippen LogP contribution in [-0.4, -0.2) is 48.2 Å². The minimum Gasteiger partial charge on any atom is -0.549 e. The van der Waals surface area contributed by atoms with E-state index >= 15 is 0 Å². The number of nitrogens with zero attached hydrogens (tertiary/aromatic N) is 1. The average Bonchev–Trinajstić information content (AvgIpc) is 3.10. The Labute approximate surface area is 193 Å². The summed E-state index contributed by atoms with van der Waals surface area (Å²) in [6.07, 6.45) is -0.682. The van der Waals surface area contributed by atoms with Gasteiger partial charge >= 0.3 is 12.1 Å². The molecule has 0 radical (unpaired) electrons. The van der Waals surface area contributed by atoms with Gasteiger partial charge in [0.25, 0.3) is 0 Å². The Kier molecular flexibility index (Phi) is 5.91.